The Morgan fingerprint density at radius 1 is 1.38 bits per heavy atom. The third kappa shape index (κ3) is 3.43. The van der Waals surface area contributed by atoms with Crippen molar-refractivity contribution in [2.45, 2.75) is 53.9 Å². The lowest BCUT2D eigenvalue weighted by molar-refractivity contribution is -0.131. The fourth-order valence-corrected chi connectivity index (χ4v) is 2.21. The third-order valence-corrected chi connectivity index (χ3v) is 3.30. The minimum Gasteiger partial charge on any atom is -0.299 e. The van der Waals surface area contributed by atoms with E-state index in [1.165, 1.54) is 12.1 Å². The highest BCUT2D eigenvalue weighted by molar-refractivity contribution is 5.93. The molecule has 0 spiro atoms. The molecule has 2 nitrogen and oxygen atoms in total. The maximum absolute atomic E-state index is 12.3. The topological polar surface area (TPSA) is 29.4 Å². The number of Topliss-reactive ketones (excluding diaryl/α,β-unsaturated/α-hetero) is 1. The quantitative estimate of drug-likeness (QED) is 0.717. The lowest BCUT2D eigenvalue weighted by Gasteiger charge is -2.27. The maximum Gasteiger partial charge on any atom is 0.141 e. The molecule has 92 valence electrons. The van der Waals surface area contributed by atoms with Crippen molar-refractivity contribution in [2.24, 2.45) is 22.2 Å². The van der Waals surface area contributed by atoms with Crippen LogP contribution in [-0.4, -0.2) is 18.0 Å². The molecule has 2 heteroatoms. The van der Waals surface area contributed by atoms with Crippen LogP contribution in [0.4, 0.5) is 0 Å². The standard InChI is InChI=1S/C14H25NO/c1-10(2)12(13(16)14(3,4)5)9-11-7-6-8-15-11/h10,12H,6-9H2,1-5H3/t12-/m0/s1. The van der Waals surface area contributed by atoms with Gasteiger partial charge in [0.25, 0.3) is 0 Å². The molecule has 1 atom stereocenters. The number of rotatable bonds is 4. The van der Waals surface area contributed by atoms with Crippen molar-refractivity contribution in [3.63, 3.8) is 0 Å². The summed E-state index contributed by atoms with van der Waals surface area (Å²) in [7, 11) is 0. The first-order valence-corrected chi connectivity index (χ1v) is 6.39. The molecule has 0 bridgehead atoms. The second kappa shape index (κ2) is 5.11. The molecule has 0 saturated heterocycles. The van der Waals surface area contributed by atoms with E-state index in [1.807, 2.05) is 20.8 Å². The summed E-state index contributed by atoms with van der Waals surface area (Å²) in [6.07, 6.45) is 3.15. The van der Waals surface area contributed by atoms with Crippen molar-refractivity contribution in [1.82, 2.24) is 0 Å². The van der Waals surface area contributed by atoms with Gasteiger partial charge in [0, 0.05) is 23.6 Å². The molecule has 1 rings (SSSR count). The fraction of sp³-hybridized carbons (Fsp3) is 0.857. The summed E-state index contributed by atoms with van der Waals surface area (Å²) in [5.74, 6) is 0.948. The van der Waals surface area contributed by atoms with E-state index in [0.717, 1.165) is 19.4 Å². The van der Waals surface area contributed by atoms with Gasteiger partial charge >= 0.3 is 0 Å². The normalized spacial score (nSPS) is 18.8. The summed E-state index contributed by atoms with van der Waals surface area (Å²) in [6.45, 7) is 11.3. The van der Waals surface area contributed by atoms with Crippen LogP contribution in [0.25, 0.3) is 0 Å². The molecule has 1 aliphatic rings. The molecule has 0 aliphatic carbocycles. The molecule has 0 aromatic carbocycles. The molecule has 0 fully saturated rings. The van der Waals surface area contributed by atoms with Crippen molar-refractivity contribution in [3.8, 4) is 0 Å². The van der Waals surface area contributed by atoms with E-state index in [1.54, 1.807) is 0 Å². The predicted octanol–water partition coefficient (Wildman–Crippen LogP) is 3.50. The van der Waals surface area contributed by atoms with E-state index in [0.29, 0.717) is 11.7 Å². The van der Waals surface area contributed by atoms with Crippen LogP contribution in [0, 0.1) is 17.3 Å². The number of carbonyl (C=O) groups is 1. The zero-order valence-corrected chi connectivity index (χ0v) is 11.3. The number of hydrogen-bond acceptors (Lipinski definition) is 2. The van der Waals surface area contributed by atoms with Crippen molar-refractivity contribution >= 4 is 11.5 Å². The van der Waals surface area contributed by atoms with Crippen LogP contribution in [0.15, 0.2) is 4.99 Å². The van der Waals surface area contributed by atoms with Gasteiger partial charge in [-0.3, -0.25) is 9.79 Å². The number of carbonyl (C=O) groups excluding carboxylic acids is 1. The lowest BCUT2D eigenvalue weighted by Crippen LogP contribution is -2.32. The Balaban J connectivity index is 2.71. The van der Waals surface area contributed by atoms with Crippen molar-refractivity contribution in [1.29, 1.82) is 0 Å². The highest BCUT2D eigenvalue weighted by Gasteiger charge is 2.32. The number of aliphatic imine (C=N–C) groups is 1. The van der Waals surface area contributed by atoms with Gasteiger partial charge in [-0.15, -0.1) is 0 Å². The van der Waals surface area contributed by atoms with Gasteiger partial charge in [-0.25, -0.2) is 0 Å². The molecule has 0 unspecified atom stereocenters. The van der Waals surface area contributed by atoms with Gasteiger partial charge in [0.05, 0.1) is 0 Å². The first-order chi connectivity index (χ1) is 7.32. The van der Waals surface area contributed by atoms with E-state index >= 15 is 0 Å². The summed E-state index contributed by atoms with van der Waals surface area (Å²) < 4.78 is 0. The van der Waals surface area contributed by atoms with Crippen LogP contribution < -0.4 is 0 Å². The van der Waals surface area contributed by atoms with E-state index in [-0.39, 0.29) is 11.3 Å². The highest BCUT2D eigenvalue weighted by atomic mass is 16.1. The van der Waals surface area contributed by atoms with Gasteiger partial charge in [-0.2, -0.15) is 0 Å². The Kier molecular flexibility index (Phi) is 4.28. The Labute approximate surface area is 99.5 Å². The molecule has 0 N–H and O–H groups in total. The van der Waals surface area contributed by atoms with Gasteiger partial charge in [0.1, 0.15) is 5.78 Å². The van der Waals surface area contributed by atoms with Crippen molar-refractivity contribution in [3.05, 3.63) is 0 Å². The third-order valence-electron chi connectivity index (χ3n) is 3.30. The van der Waals surface area contributed by atoms with Crippen LogP contribution in [0.3, 0.4) is 0 Å². The van der Waals surface area contributed by atoms with Crippen molar-refractivity contribution in [2.75, 3.05) is 6.54 Å². The second-order valence-corrected chi connectivity index (χ2v) is 6.22. The molecule has 1 heterocycles. The predicted molar refractivity (Wildman–Crippen MR) is 68.9 cm³/mol. The zero-order valence-electron chi connectivity index (χ0n) is 11.3. The summed E-state index contributed by atoms with van der Waals surface area (Å²) in [6, 6.07) is 0. The number of hydrogen-bond donors (Lipinski definition) is 0. The minimum absolute atomic E-state index is 0.150. The smallest absolute Gasteiger partial charge is 0.141 e. The first-order valence-electron chi connectivity index (χ1n) is 6.39. The highest BCUT2D eigenvalue weighted by Crippen LogP contribution is 2.29. The number of ketones is 1. The van der Waals surface area contributed by atoms with E-state index in [2.05, 4.69) is 18.8 Å². The van der Waals surface area contributed by atoms with E-state index in [4.69, 9.17) is 0 Å². The summed E-state index contributed by atoms with van der Waals surface area (Å²) in [5.41, 5.74) is 1.03. The largest absolute Gasteiger partial charge is 0.299 e. The van der Waals surface area contributed by atoms with Crippen LogP contribution in [0.1, 0.15) is 53.9 Å². The van der Waals surface area contributed by atoms with Crippen molar-refractivity contribution < 1.29 is 4.79 Å². The monoisotopic (exact) mass is 223 g/mol. The molecule has 1 aliphatic heterocycles. The summed E-state index contributed by atoms with van der Waals surface area (Å²) in [4.78, 5) is 16.8. The molecule has 16 heavy (non-hydrogen) atoms. The SMILES string of the molecule is CC(C)[C@H](CC1=NCCC1)C(=O)C(C)(C)C. The van der Waals surface area contributed by atoms with E-state index < -0.39 is 0 Å². The molecule has 0 radical (unpaired) electrons. The van der Waals surface area contributed by atoms with Crippen LogP contribution in [-0.2, 0) is 4.79 Å². The van der Waals surface area contributed by atoms with E-state index in [9.17, 15) is 4.79 Å². The second-order valence-electron chi connectivity index (χ2n) is 6.22. The zero-order chi connectivity index (χ0) is 12.3. The Hall–Kier alpha value is -0.660. The van der Waals surface area contributed by atoms with Gasteiger partial charge in [0.15, 0.2) is 0 Å². The van der Waals surface area contributed by atoms with Gasteiger partial charge in [0.2, 0.25) is 0 Å². The molecule has 0 aromatic heterocycles. The van der Waals surface area contributed by atoms with Crippen LogP contribution in [0.5, 0.6) is 0 Å². The lowest BCUT2D eigenvalue weighted by atomic mass is 9.76. The Morgan fingerprint density at radius 2 is 2.00 bits per heavy atom. The fourth-order valence-electron chi connectivity index (χ4n) is 2.21. The molecule has 0 aromatic rings. The Bertz CT molecular complexity index is 284. The summed E-state index contributed by atoms with van der Waals surface area (Å²) >= 11 is 0. The average molecular weight is 223 g/mol. The summed E-state index contributed by atoms with van der Waals surface area (Å²) in [5, 5.41) is 0. The van der Waals surface area contributed by atoms with Gasteiger partial charge < -0.3 is 0 Å². The van der Waals surface area contributed by atoms with Crippen LogP contribution in [0.2, 0.25) is 0 Å². The van der Waals surface area contributed by atoms with Crippen LogP contribution >= 0.6 is 0 Å². The molecule has 0 saturated carbocycles. The van der Waals surface area contributed by atoms with Gasteiger partial charge in [-0.05, 0) is 25.2 Å². The maximum atomic E-state index is 12.3. The molecule has 0 amide bonds. The molecular weight excluding hydrogens is 198 g/mol. The Morgan fingerprint density at radius 3 is 2.38 bits per heavy atom. The minimum atomic E-state index is -0.228. The number of nitrogens with zero attached hydrogens (tertiary/aromatic N) is 1. The van der Waals surface area contributed by atoms with Gasteiger partial charge in [-0.1, -0.05) is 34.6 Å². The first kappa shape index (κ1) is 13.4. The average Bonchev–Trinajstić information content (AvgIpc) is 2.63. The molecular formula is C14H25NO.